The van der Waals surface area contributed by atoms with E-state index in [9.17, 15) is 18.4 Å². The van der Waals surface area contributed by atoms with Crippen LogP contribution in [0.2, 0.25) is 0 Å². The molecular formula is C23H19F3N2. The molecule has 0 saturated carbocycles. The summed E-state index contributed by atoms with van der Waals surface area (Å²) in [6.07, 6.45) is -3.62. The van der Waals surface area contributed by atoms with Crippen LogP contribution in [0.5, 0.6) is 0 Å². The minimum absolute atomic E-state index is 0.289. The highest BCUT2D eigenvalue weighted by Crippen LogP contribution is 2.38. The molecule has 1 N–H and O–H groups in total. The Morgan fingerprint density at radius 1 is 0.714 bits per heavy atom. The van der Waals surface area contributed by atoms with Gasteiger partial charge in [0.2, 0.25) is 0 Å². The zero-order valence-electron chi connectivity index (χ0n) is 15.1. The molecule has 0 aliphatic rings. The van der Waals surface area contributed by atoms with Crippen LogP contribution in [0.1, 0.15) is 29.5 Å². The van der Waals surface area contributed by atoms with E-state index in [1.54, 1.807) is 0 Å². The van der Waals surface area contributed by atoms with Crippen LogP contribution in [0.3, 0.4) is 0 Å². The van der Waals surface area contributed by atoms with Crippen LogP contribution < -0.4 is 5.32 Å². The molecule has 0 radical (unpaired) electrons. The summed E-state index contributed by atoms with van der Waals surface area (Å²) in [5.41, 5.74) is 1.00. The number of rotatable bonds is 6. The Bertz CT molecular complexity index is 888. The smallest absolute Gasteiger partial charge is 0.372 e. The van der Waals surface area contributed by atoms with Crippen molar-refractivity contribution in [2.75, 3.05) is 5.32 Å². The molecule has 0 saturated heterocycles. The van der Waals surface area contributed by atoms with Crippen LogP contribution >= 0.6 is 0 Å². The van der Waals surface area contributed by atoms with E-state index in [0.29, 0.717) is 12.1 Å². The minimum Gasteiger partial charge on any atom is -0.372 e. The number of hydrogen-bond donors (Lipinski definition) is 1. The molecule has 0 aliphatic carbocycles. The molecule has 3 aromatic carbocycles. The van der Waals surface area contributed by atoms with E-state index in [0.717, 1.165) is 23.3 Å². The number of halogens is 3. The Morgan fingerprint density at radius 3 is 1.64 bits per heavy atom. The van der Waals surface area contributed by atoms with Crippen LogP contribution in [0.25, 0.3) is 0 Å². The third-order valence-corrected chi connectivity index (χ3v) is 4.71. The first-order valence-electron chi connectivity index (χ1n) is 8.89. The predicted octanol–water partition coefficient (Wildman–Crippen LogP) is 6.36. The molecule has 0 spiro atoms. The second-order valence-electron chi connectivity index (χ2n) is 6.50. The first-order valence-corrected chi connectivity index (χ1v) is 8.89. The number of nitrogens with one attached hydrogen (secondary N) is 1. The van der Waals surface area contributed by atoms with Crippen molar-refractivity contribution in [1.82, 2.24) is 0 Å². The Kier molecular flexibility index (Phi) is 5.70. The van der Waals surface area contributed by atoms with Gasteiger partial charge < -0.3 is 5.32 Å². The van der Waals surface area contributed by atoms with Crippen molar-refractivity contribution in [2.24, 2.45) is 0 Å². The molecule has 0 atom stereocenters. The normalized spacial score (nSPS) is 11.6. The largest absolute Gasteiger partial charge is 0.416 e. The average molecular weight is 380 g/mol. The van der Waals surface area contributed by atoms with Crippen LogP contribution in [0.4, 0.5) is 18.9 Å². The second kappa shape index (κ2) is 8.18. The van der Waals surface area contributed by atoms with Gasteiger partial charge in [0, 0.05) is 12.1 Å². The Hall–Kier alpha value is -3.26. The van der Waals surface area contributed by atoms with E-state index in [1.807, 2.05) is 60.7 Å². The van der Waals surface area contributed by atoms with Crippen LogP contribution in [-0.4, -0.2) is 0 Å². The highest BCUT2D eigenvalue weighted by Gasteiger charge is 2.34. The molecule has 2 nitrogen and oxygen atoms in total. The first kappa shape index (κ1) is 19.5. The molecule has 142 valence electrons. The van der Waals surface area contributed by atoms with Gasteiger partial charge in [0.05, 0.1) is 17.2 Å². The van der Waals surface area contributed by atoms with Gasteiger partial charge in [-0.3, -0.25) is 0 Å². The maximum atomic E-state index is 12.9. The second-order valence-corrected chi connectivity index (χ2v) is 6.50. The molecule has 0 aliphatic heterocycles. The van der Waals surface area contributed by atoms with Gasteiger partial charge in [0.25, 0.3) is 0 Å². The van der Waals surface area contributed by atoms with Gasteiger partial charge in [-0.25, -0.2) is 0 Å². The lowest BCUT2D eigenvalue weighted by atomic mass is 9.79. The number of hydrogen-bond acceptors (Lipinski definition) is 2. The summed E-state index contributed by atoms with van der Waals surface area (Å²) in [6, 6.07) is 26.5. The van der Waals surface area contributed by atoms with Crippen molar-refractivity contribution >= 4 is 5.69 Å². The lowest BCUT2D eigenvalue weighted by molar-refractivity contribution is -0.137. The SMILES string of the molecule is N#CCCC(Nc1ccc(C(F)(F)F)cc1)(c1ccccc1)c1ccccc1. The van der Waals surface area contributed by atoms with E-state index < -0.39 is 17.3 Å². The Labute approximate surface area is 162 Å². The summed E-state index contributed by atoms with van der Waals surface area (Å²) < 4.78 is 38.7. The lowest BCUT2D eigenvalue weighted by Gasteiger charge is -2.37. The van der Waals surface area contributed by atoms with Gasteiger partial charge in [-0.15, -0.1) is 0 Å². The molecule has 0 bridgehead atoms. The summed E-state index contributed by atoms with van der Waals surface area (Å²) in [7, 11) is 0. The predicted molar refractivity (Wildman–Crippen MR) is 104 cm³/mol. The van der Waals surface area contributed by atoms with Crippen molar-refractivity contribution in [3.63, 3.8) is 0 Å². The summed E-state index contributed by atoms with van der Waals surface area (Å²) in [5.74, 6) is 0. The van der Waals surface area contributed by atoms with Crippen LogP contribution in [0.15, 0.2) is 84.9 Å². The van der Waals surface area contributed by atoms with E-state index in [1.165, 1.54) is 12.1 Å². The number of benzene rings is 3. The highest BCUT2D eigenvalue weighted by atomic mass is 19.4. The van der Waals surface area contributed by atoms with Crippen molar-refractivity contribution in [1.29, 1.82) is 5.26 Å². The summed E-state index contributed by atoms with van der Waals surface area (Å²) in [5, 5.41) is 12.6. The summed E-state index contributed by atoms with van der Waals surface area (Å²) in [4.78, 5) is 0. The standard InChI is InChI=1S/C23H19F3N2/c24-23(25,26)20-12-14-21(15-13-20)28-22(16-7-17-27,18-8-3-1-4-9-18)19-10-5-2-6-11-19/h1-6,8-15,28H,7,16H2. The van der Waals surface area contributed by atoms with E-state index in [4.69, 9.17) is 0 Å². The van der Waals surface area contributed by atoms with Gasteiger partial charge in [0.15, 0.2) is 0 Å². The molecule has 0 amide bonds. The third-order valence-electron chi connectivity index (χ3n) is 4.71. The molecule has 3 rings (SSSR count). The van der Waals surface area contributed by atoms with Gasteiger partial charge in [-0.2, -0.15) is 18.4 Å². The van der Waals surface area contributed by atoms with E-state index in [2.05, 4.69) is 11.4 Å². The third kappa shape index (κ3) is 4.17. The molecule has 0 heterocycles. The maximum absolute atomic E-state index is 12.9. The number of nitriles is 1. The zero-order valence-corrected chi connectivity index (χ0v) is 15.1. The van der Waals surface area contributed by atoms with Gasteiger partial charge in [-0.1, -0.05) is 60.7 Å². The van der Waals surface area contributed by atoms with E-state index >= 15 is 0 Å². The number of anilines is 1. The minimum atomic E-state index is -4.38. The monoisotopic (exact) mass is 380 g/mol. The van der Waals surface area contributed by atoms with Crippen molar-refractivity contribution in [2.45, 2.75) is 24.6 Å². The Morgan fingerprint density at radius 2 is 1.21 bits per heavy atom. The molecule has 28 heavy (non-hydrogen) atoms. The molecule has 0 aromatic heterocycles. The number of alkyl halides is 3. The van der Waals surface area contributed by atoms with Crippen molar-refractivity contribution < 1.29 is 13.2 Å². The van der Waals surface area contributed by atoms with Gasteiger partial charge >= 0.3 is 6.18 Å². The van der Waals surface area contributed by atoms with Crippen LogP contribution in [0, 0.1) is 11.3 Å². The average Bonchev–Trinajstić information content (AvgIpc) is 2.72. The Balaban J connectivity index is 2.09. The molecule has 3 aromatic rings. The van der Waals surface area contributed by atoms with Gasteiger partial charge in [-0.05, 0) is 41.8 Å². The van der Waals surface area contributed by atoms with Crippen molar-refractivity contribution in [3.05, 3.63) is 102 Å². The number of nitrogens with zero attached hydrogens (tertiary/aromatic N) is 1. The quantitative estimate of drug-likeness (QED) is 0.540. The van der Waals surface area contributed by atoms with E-state index in [-0.39, 0.29) is 6.42 Å². The first-order chi connectivity index (χ1) is 13.5. The molecule has 0 unspecified atom stereocenters. The fraction of sp³-hybridized carbons (Fsp3) is 0.174. The molecule has 0 fully saturated rings. The summed E-state index contributed by atoms with van der Waals surface area (Å²) >= 11 is 0. The van der Waals surface area contributed by atoms with Crippen LogP contribution in [-0.2, 0) is 11.7 Å². The lowest BCUT2D eigenvalue weighted by Crippen LogP contribution is -2.36. The fourth-order valence-electron chi connectivity index (χ4n) is 3.34. The zero-order chi connectivity index (χ0) is 20.0. The fourth-order valence-corrected chi connectivity index (χ4v) is 3.34. The summed E-state index contributed by atoms with van der Waals surface area (Å²) in [6.45, 7) is 0. The highest BCUT2D eigenvalue weighted by molar-refractivity contribution is 5.54. The maximum Gasteiger partial charge on any atom is 0.416 e. The molecule has 5 heteroatoms. The van der Waals surface area contributed by atoms with Crippen molar-refractivity contribution in [3.8, 4) is 6.07 Å². The topological polar surface area (TPSA) is 35.8 Å². The molecular weight excluding hydrogens is 361 g/mol. The van der Waals surface area contributed by atoms with Gasteiger partial charge in [0.1, 0.15) is 0 Å².